The van der Waals surface area contributed by atoms with Gasteiger partial charge in [-0.05, 0) is 57.5 Å². The average Bonchev–Trinajstić information content (AvgIpc) is 3.22. The van der Waals surface area contributed by atoms with Crippen molar-refractivity contribution in [1.82, 2.24) is 19.4 Å². The summed E-state index contributed by atoms with van der Waals surface area (Å²) in [6, 6.07) is 8.79. The quantitative estimate of drug-likeness (QED) is 0.739. The zero-order valence-electron chi connectivity index (χ0n) is 13.6. The van der Waals surface area contributed by atoms with Crippen LogP contribution in [-0.2, 0) is 0 Å². The molecule has 1 unspecified atom stereocenters. The van der Waals surface area contributed by atoms with Crippen molar-refractivity contribution in [3.8, 4) is 11.6 Å². The zero-order valence-corrected chi connectivity index (χ0v) is 13.6. The number of fused-ring (bicyclic) bond motifs is 1. The van der Waals surface area contributed by atoms with E-state index in [0.717, 1.165) is 35.7 Å². The minimum atomic E-state index is 0.381. The summed E-state index contributed by atoms with van der Waals surface area (Å²) in [6.45, 7) is 6.73. The Morgan fingerprint density at radius 2 is 2.17 bits per heavy atom. The maximum absolute atomic E-state index is 5.63. The molecule has 0 spiro atoms. The Morgan fingerprint density at radius 1 is 1.26 bits per heavy atom. The van der Waals surface area contributed by atoms with E-state index >= 15 is 0 Å². The van der Waals surface area contributed by atoms with Crippen molar-refractivity contribution in [2.45, 2.75) is 38.8 Å². The molecule has 3 aromatic rings. The number of nitrogens with zero attached hydrogens (tertiary/aromatic N) is 4. The molecule has 0 aliphatic carbocycles. The summed E-state index contributed by atoms with van der Waals surface area (Å²) >= 11 is 0. The van der Waals surface area contributed by atoms with Crippen molar-refractivity contribution < 1.29 is 4.42 Å². The summed E-state index contributed by atoms with van der Waals surface area (Å²) in [6.07, 6.45) is 5.90. The SMILES string of the molecule is CC(C)N1CCCC(n2c(-c3ccco3)nc3cccnc32)C1. The van der Waals surface area contributed by atoms with Crippen molar-refractivity contribution >= 4 is 11.2 Å². The minimum Gasteiger partial charge on any atom is -0.461 e. The zero-order chi connectivity index (χ0) is 15.8. The number of hydrogen-bond donors (Lipinski definition) is 0. The third kappa shape index (κ3) is 2.55. The van der Waals surface area contributed by atoms with E-state index < -0.39 is 0 Å². The topological polar surface area (TPSA) is 47.1 Å². The summed E-state index contributed by atoms with van der Waals surface area (Å²) in [5.74, 6) is 1.70. The number of aromatic nitrogens is 3. The van der Waals surface area contributed by atoms with Crippen molar-refractivity contribution in [3.05, 3.63) is 36.7 Å². The molecule has 120 valence electrons. The van der Waals surface area contributed by atoms with Gasteiger partial charge in [0.1, 0.15) is 5.52 Å². The Kier molecular flexibility index (Phi) is 3.65. The molecule has 0 saturated carbocycles. The van der Waals surface area contributed by atoms with Gasteiger partial charge in [0, 0.05) is 18.8 Å². The highest BCUT2D eigenvalue weighted by molar-refractivity contribution is 5.76. The van der Waals surface area contributed by atoms with Gasteiger partial charge in [-0.3, -0.25) is 4.90 Å². The lowest BCUT2D eigenvalue weighted by Gasteiger charge is -2.36. The maximum atomic E-state index is 5.63. The van der Waals surface area contributed by atoms with Crippen LogP contribution in [0.2, 0.25) is 0 Å². The first kappa shape index (κ1) is 14.5. The summed E-state index contributed by atoms with van der Waals surface area (Å²) < 4.78 is 7.91. The van der Waals surface area contributed by atoms with E-state index in [2.05, 4.69) is 28.3 Å². The van der Waals surface area contributed by atoms with Crippen molar-refractivity contribution in [2.75, 3.05) is 13.1 Å². The van der Waals surface area contributed by atoms with E-state index in [-0.39, 0.29) is 0 Å². The molecule has 0 bridgehead atoms. The molecule has 0 aromatic carbocycles. The summed E-state index contributed by atoms with van der Waals surface area (Å²) in [4.78, 5) is 11.9. The number of likely N-dealkylation sites (tertiary alicyclic amines) is 1. The van der Waals surface area contributed by atoms with Crippen LogP contribution in [0.25, 0.3) is 22.7 Å². The fraction of sp³-hybridized carbons (Fsp3) is 0.444. The van der Waals surface area contributed by atoms with Gasteiger partial charge in [0.25, 0.3) is 0 Å². The molecule has 23 heavy (non-hydrogen) atoms. The molecule has 0 amide bonds. The second-order valence-corrected chi connectivity index (χ2v) is 6.51. The van der Waals surface area contributed by atoms with Gasteiger partial charge >= 0.3 is 0 Å². The van der Waals surface area contributed by atoms with Crippen LogP contribution in [0.3, 0.4) is 0 Å². The predicted molar refractivity (Wildman–Crippen MR) is 90.2 cm³/mol. The van der Waals surface area contributed by atoms with Crippen LogP contribution in [0.4, 0.5) is 0 Å². The Labute approximate surface area is 135 Å². The van der Waals surface area contributed by atoms with Crippen molar-refractivity contribution in [3.63, 3.8) is 0 Å². The van der Waals surface area contributed by atoms with Gasteiger partial charge in [0.2, 0.25) is 0 Å². The van der Waals surface area contributed by atoms with Crippen molar-refractivity contribution in [1.29, 1.82) is 0 Å². The van der Waals surface area contributed by atoms with Crippen LogP contribution in [-0.4, -0.2) is 38.6 Å². The van der Waals surface area contributed by atoms with Crippen molar-refractivity contribution in [2.24, 2.45) is 0 Å². The largest absolute Gasteiger partial charge is 0.461 e. The normalized spacial score (nSPS) is 19.7. The third-order valence-electron chi connectivity index (χ3n) is 4.71. The van der Waals surface area contributed by atoms with Crippen LogP contribution < -0.4 is 0 Å². The van der Waals surface area contributed by atoms with E-state index in [1.165, 1.54) is 13.0 Å². The van der Waals surface area contributed by atoms with Gasteiger partial charge in [0.15, 0.2) is 17.2 Å². The van der Waals surface area contributed by atoms with Gasteiger partial charge in [0.05, 0.1) is 12.3 Å². The van der Waals surface area contributed by atoms with Crippen LogP contribution >= 0.6 is 0 Å². The molecule has 5 nitrogen and oxygen atoms in total. The highest BCUT2D eigenvalue weighted by Gasteiger charge is 2.27. The average molecular weight is 310 g/mol. The molecule has 0 radical (unpaired) electrons. The Bertz CT molecular complexity index is 791. The fourth-order valence-corrected chi connectivity index (χ4v) is 3.52. The highest BCUT2D eigenvalue weighted by Crippen LogP contribution is 2.32. The molecule has 1 fully saturated rings. The van der Waals surface area contributed by atoms with E-state index in [0.29, 0.717) is 12.1 Å². The molecular formula is C18H22N4O. The van der Waals surface area contributed by atoms with Gasteiger partial charge in [-0.15, -0.1) is 0 Å². The maximum Gasteiger partial charge on any atom is 0.178 e. The smallest absolute Gasteiger partial charge is 0.178 e. The standard InChI is InChI=1S/C18H22N4O/c1-13(2)21-10-4-6-14(12-21)22-17-15(7-3-9-19-17)20-18(22)16-8-5-11-23-16/h3,5,7-9,11,13-14H,4,6,10,12H2,1-2H3. The molecule has 1 aliphatic heterocycles. The molecular weight excluding hydrogens is 288 g/mol. The molecule has 4 rings (SSSR count). The molecule has 0 N–H and O–H groups in total. The summed E-state index contributed by atoms with van der Waals surface area (Å²) in [5.41, 5.74) is 1.88. The van der Waals surface area contributed by atoms with Gasteiger partial charge in [-0.1, -0.05) is 0 Å². The first-order valence-electron chi connectivity index (χ1n) is 8.35. The lowest BCUT2D eigenvalue weighted by atomic mass is 10.0. The summed E-state index contributed by atoms with van der Waals surface area (Å²) in [7, 11) is 0. The fourth-order valence-electron chi connectivity index (χ4n) is 3.52. The molecule has 3 aromatic heterocycles. The lowest BCUT2D eigenvalue weighted by Crippen LogP contribution is -2.40. The number of pyridine rings is 1. The number of piperidine rings is 1. The predicted octanol–water partition coefficient (Wildman–Crippen LogP) is 3.74. The van der Waals surface area contributed by atoms with E-state index in [9.17, 15) is 0 Å². The van der Waals surface area contributed by atoms with Crippen LogP contribution in [0.1, 0.15) is 32.7 Å². The number of hydrogen-bond acceptors (Lipinski definition) is 4. The van der Waals surface area contributed by atoms with Gasteiger partial charge in [-0.25, -0.2) is 9.97 Å². The monoisotopic (exact) mass is 310 g/mol. The summed E-state index contributed by atoms with van der Waals surface area (Å²) in [5, 5.41) is 0. The van der Waals surface area contributed by atoms with E-state index in [1.807, 2.05) is 30.5 Å². The first-order valence-corrected chi connectivity index (χ1v) is 8.35. The van der Waals surface area contributed by atoms with E-state index in [1.54, 1.807) is 6.26 Å². The second kappa shape index (κ2) is 5.81. The molecule has 1 atom stereocenters. The van der Waals surface area contributed by atoms with Crippen LogP contribution in [0.15, 0.2) is 41.1 Å². The second-order valence-electron chi connectivity index (χ2n) is 6.51. The van der Waals surface area contributed by atoms with Crippen LogP contribution in [0, 0.1) is 0 Å². The van der Waals surface area contributed by atoms with Gasteiger partial charge < -0.3 is 8.98 Å². The molecule has 5 heteroatoms. The number of imidazole rings is 1. The Morgan fingerprint density at radius 3 is 2.96 bits per heavy atom. The van der Waals surface area contributed by atoms with Gasteiger partial charge in [-0.2, -0.15) is 0 Å². The van der Waals surface area contributed by atoms with E-state index in [4.69, 9.17) is 9.40 Å². The van der Waals surface area contributed by atoms with Crippen LogP contribution in [0.5, 0.6) is 0 Å². The molecule has 4 heterocycles. The number of rotatable bonds is 3. The minimum absolute atomic E-state index is 0.381. The third-order valence-corrected chi connectivity index (χ3v) is 4.71. The highest BCUT2D eigenvalue weighted by atomic mass is 16.3. The molecule has 1 aliphatic rings. The Hall–Kier alpha value is -2.14. The number of furan rings is 1. The Balaban J connectivity index is 1.83. The first-order chi connectivity index (χ1) is 11.2. The lowest BCUT2D eigenvalue weighted by molar-refractivity contribution is 0.145. The molecule has 1 saturated heterocycles.